The Bertz CT molecular complexity index is 409. The van der Waals surface area contributed by atoms with E-state index in [2.05, 4.69) is 27.4 Å². The van der Waals surface area contributed by atoms with Crippen LogP contribution in [0.25, 0.3) is 0 Å². The zero-order valence-corrected chi connectivity index (χ0v) is 12.3. The minimum Gasteiger partial charge on any atom is -0.355 e. The van der Waals surface area contributed by atoms with Crippen molar-refractivity contribution in [2.24, 2.45) is 16.8 Å². The second-order valence-corrected chi connectivity index (χ2v) is 6.82. The second-order valence-electron chi connectivity index (χ2n) is 6.82. The number of hydrogen-bond donors (Lipinski definition) is 1. The molecule has 0 aromatic carbocycles. The van der Waals surface area contributed by atoms with Crippen LogP contribution < -0.4 is 5.32 Å². The van der Waals surface area contributed by atoms with E-state index in [4.69, 9.17) is 4.99 Å². The highest BCUT2D eigenvalue weighted by atomic mass is 15.3. The minimum atomic E-state index is 0.779. The summed E-state index contributed by atoms with van der Waals surface area (Å²) in [6.07, 6.45) is 11.6. The van der Waals surface area contributed by atoms with Crippen molar-refractivity contribution in [2.45, 2.75) is 38.1 Å². The van der Waals surface area contributed by atoms with Gasteiger partial charge in [0.2, 0.25) is 0 Å². The molecule has 1 saturated heterocycles. The molecule has 0 aromatic heterocycles. The van der Waals surface area contributed by atoms with Crippen molar-refractivity contribution in [1.82, 2.24) is 15.1 Å². The summed E-state index contributed by atoms with van der Waals surface area (Å²) in [7, 11) is 0. The zero-order valence-electron chi connectivity index (χ0n) is 12.3. The molecule has 0 aromatic rings. The highest BCUT2D eigenvalue weighted by molar-refractivity contribution is 5.93. The molecule has 2 aliphatic heterocycles. The first-order valence-electron chi connectivity index (χ1n) is 8.34. The van der Waals surface area contributed by atoms with Gasteiger partial charge in [-0.1, -0.05) is 6.42 Å². The number of aliphatic imine (C=N–C) groups is 1. The molecule has 0 spiro atoms. The van der Waals surface area contributed by atoms with Gasteiger partial charge in [-0.2, -0.15) is 0 Å². The average Bonchev–Trinajstić information content (AvgIpc) is 3.02. The standard InChI is InChI=1S/C16H26N4/c1-5-17-6-9-19(7-1)16-4-8-20(12-18-16)15-11-13-2-3-14(15)10-13/h4,8,13-15,17H,1-3,5-7,9-12H2. The van der Waals surface area contributed by atoms with Crippen molar-refractivity contribution < 1.29 is 0 Å². The summed E-state index contributed by atoms with van der Waals surface area (Å²) in [5.74, 6) is 3.16. The molecule has 4 rings (SSSR count). The Balaban J connectivity index is 1.38. The van der Waals surface area contributed by atoms with Crippen LogP contribution in [0, 0.1) is 11.8 Å². The predicted molar refractivity (Wildman–Crippen MR) is 81.6 cm³/mol. The lowest BCUT2D eigenvalue weighted by Crippen LogP contribution is -2.40. The van der Waals surface area contributed by atoms with Crippen LogP contribution in [0.3, 0.4) is 0 Å². The van der Waals surface area contributed by atoms with E-state index in [1.807, 2.05) is 0 Å². The Labute approximate surface area is 121 Å². The van der Waals surface area contributed by atoms with Crippen molar-refractivity contribution in [1.29, 1.82) is 0 Å². The van der Waals surface area contributed by atoms with Gasteiger partial charge in [0.05, 0.1) is 0 Å². The summed E-state index contributed by atoms with van der Waals surface area (Å²) in [5, 5.41) is 3.46. The molecule has 0 radical (unpaired) electrons. The van der Waals surface area contributed by atoms with Crippen molar-refractivity contribution in [2.75, 3.05) is 32.8 Å². The maximum absolute atomic E-state index is 4.86. The van der Waals surface area contributed by atoms with Crippen molar-refractivity contribution in [3.05, 3.63) is 12.3 Å². The molecule has 2 heterocycles. The number of rotatable bonds is 1. The van der Waals surface area contributed by atoms with Gasteiger partial charge in [-0.3, -0.25) is 0 Å². The Hall–Kier alpha value is -1.03. The molecule has 4 nitrogen and oxygen atoms in total. The van der Waals surface area contributed by atoms with Gasteiger partial charge in [0.15, 0.2) is 0 Å². The summed E-state index contributed by atoms with van der Waals surface area (Å²) >= 11 is 0. The van der Waals surface area contributed by atoms with Crippen molar-refractivity contribution >= 4 is 5.84 Å². The summed E-state index contributed by atoms with van der Waals surface area (Å²) < 4.78 is 0. The maximum atomic E-state index is 4.86. The summed E-state index contributed by atoms with van der Waals surface area (Å²) in [5.41, 5.74) is 0. The lowest BCUT2D eigenvalue weighted by atomic mass is 9.94. The second kappa shape index (κ2) is 5.40. The summed E-state index contributed by atoms with van der Waals surface area (Å²) in [4.78, 5) is 9.80. The van der Waals surface area contributed by atoms with Gasteiger partial charge in [-0.25, -0.2) is 4.99 Å². The van der Waals surface area contributed by atoms with Gasteiger partial charge in [0.1, 0.15) is 12.5 Å². The normalized spacial score (nSPS) is 37.2. The van der Waals surface area contributed by atoms with Gasteiger partial charge in [-0.05, 0) is 50.1 Å². The lowest BCUT2D eigenvalue weighted by molar-refractivity contribution is 0.203. The van der Waals surface area contributed by atoms with Gasteiger partial charge < -0.3 is 15.1 Å². The summed E-state index contributed by atoms with van der Waals surface area (Å²) in [6, 6.07) is 0.779. The van der Waals surface area contributed by atoms with Crippen molar-refractivity contribution in [3.63, 3.8) is 0 Å². The average molecular weight is 274 g/mol. The van der Waals surface area contributed by atoms with Crippen LogP contribution in [0.15, 0.2) is 17.3 Å². The molecule has 110 valence electrons. The fraction of sp³-hybridized carbons (Fsp3) is 0.812. The van der Waals surface area contributed by atoms with Gasteiger partial charge in [0, 0.05) is 31.9 Å². The number of fused-ring (bicyclic) bond motifs is 2. The maximum Gasteiger partial charge on any atom is 0.127 e. The molecule has 2 aliphatic carbocycles. The van der Waals surface area contributed by atoms with E-state index >= 15 is 0 Å². The number of amidine groups is 1. The number of nitrogens with zero attached hydrogens (tertiary/aromatic N) is 3. The first-order valence-corrected chi connectivity index (χ1v) is 8.34. The lowest BCUT2D eigenvalue weighted by Gasteiger charge is -2.35. The van der Waals surface area contributed by atoms with E-state index in [9.17, 15) is 0 Å². The monoisotopic (exact) mass is 274 g/mol. The molecule has 0 amide bonds. The van der Waals surface area contributed by atoms with E-state index < -0.39 is 0 Å². The Morgan fingerprint density at radius 1 is 1.15 bits per heavy atom. The van der Waals surface area contributed by atoms with E-state index in [0.29, 0.717) is 0 Å². The molecule has 2 bridgehead atoms. The summed E-state index contributed by atoms with van der Waals surface area (Å²) in [6.45, 7) is 5.35. The SMILES string of the molecule is C1=CN(C2CC3CCC2C3)CN=C1N1CCCNCC1. The van der Waals surface area contributed by atoms with Gasteiger partial charge >= 0.3 is 0 Å². The fourth-order valence-corrected chi connectivity index (χ4v) is 4.53. The van der Waals surface area contributed by atoms with Crippen LogP contribution in [0.2, 0.25) is 0 Å². The number of nitrogens with one attached hydrogen (secondary N) is 1. The van der Waals surface area contributed by atoms with Crippen LogP contribution in [0.1, 0.15) is 32.1 Å². The third-order valence-corrected chi connectivity index (χ3v) is 5.60. The highest BCUT2D eigenvalue weighted by Gasteiger charge is 2.41. The predicted octanol–water partition coefficient (Wildman–Crippen LogP) is 1.66. The number of hydrogen-bond acceptors (Lipinski definition) is 4. The molecule has 4 aliphatic rings. The quantitative estimate of drug-likeness (QED) is 0.789. The Morgan fingerprint density at radius 2 is 2.15 bits per heavy atom. The Kier molecular flexibility index (Phi) is 3.42. The smallest absolute Gasteiger partial charge is 0.127 e. The first kappa shape index (κ1) is 12.7. The van der Waals surface area contributed by atoms with E-state index in [0.717, 1.165) is 50.7 Å². The van der Waals surface area contributed by atoms with Crippen LogP contribution in [-0.2, 0) is 0 Å². The van der Waals surface area contributed by atoms with E-state index in [1.165, 1.54) is 37.9 Å². The van der Waals surface area contributed by atoms with Crippen molar-refractivity contribution in [3.8, 4) is 0 Å². The zero-order chi connectivity index (χ0) is 13.4. The molecule has 1 N–H and O–H groups in total. The molecular formula is C16H26N4. The topological polar surface area (TPSA) is 30.9 Å². The minimum absolute atomic E-state index is 0.779. The highest BCUT2D eigenvalue weighted by Crippen LogP contribution is 2.46. The Morgan fingerprint density at radius 3 is 2.90 bits per heavy atom. The molecule has 3 unspecified atom stereocenters. The third-order valence-electron chi connectivity index (χ3n) is 5.60. The van der Waals surface area contributed by atoms with Crippen LogP contribution in [-0.4, -0.2) is 54.5 Å². The van der Waals surface area contributed by atoms with E-state index in [-0.39, 0.29) is 0 Å². The fourth-order valence-electron chi connectivity index (χ4n) is 4.53. The molecule has 2 saturated carbocycles. The molecule has 4 heteroatoms. The third kappa shape index (κ3) is 2.34. The largest absolute Gasteiger partial charge is 0.355 e. The van der Waals surface area contributed by atoms with Gasteiger partial charge in [-0.15, -0.1) is 0 Å². The molecule has 20 heavy (non-hydrogen) atoms. The van der Waals surface area contributed by atoms with Crippen LogP contribution in [0.4, 0.5) is 0 Å². The van der Waals surface area contributed by atoms with Crippen LogP contribution in [0.5, 0.6) is 0 Å². The van der Waals surface area contributed by atoms with E-state index in [1.54, 1.807) is 0 Å². The molecule has 3 fully saturated rings. The van der Waals surface area contributed by atoms with Crippen LogP contribution >= 0.6 is 0 Å². The van der Waals surface area contributed by atoms with Gasteiger partial charge in [0.25, 0.3) is 0 Å². The molecule has 3 atom stereocenters. The molecular weight excluding hydrogens is 248 g/mol. The first-order chi connectivity index (χ1) is 9.90.